The van der Waals surface area contributed by atoms with E-state index >= 15 is 0 Å². The SMILES string of the molecule is COc1ccc([C@@H](C)CN2CCN(C(=O)c3ccncc3)CC2)cc1. The zero-order valence-electron chi connectivity index (χ0n) is 14.9. The zero-order chi connectivity index (χ0) is 17.6. The molecule has 25 heavy (non-hydrogen) atoms. The molecule has 2 aromatic rings. The van der Waals surface area contributed by atoms with Gasteiger partial charge in [0, 0.05) is 50.7 Å². The number of hydrogen-bond acceptors (Lipinski definition) is 4. The summed E-state index contributed by atoms with van der Waals surface area (Å²) in [6, 6.07) is 11.8. The average Bonchev–Trinajstić information content (AvgIpc) is 2.68. The van der Waals surface area contributed by atoms with Crippen LogP contribution in [0.25, 0.3) is 0 Å². The minimum Gasteiger partial charge on any atom is -0.497 e. The molecule has 0 saturated carbocycles. The molecule has 0 aliphatic carbocycles. The molecule has 1 atom stereocenters. The number of carbonyl (C=O) groups excluding carboxylic acids is 1. The fraction of sp³-hybridized carbons (Fsp3) is 0.400. The van der Waals surface area contributed by atoms with Crippen molar-refractivity contribution in [3.63, 3.8) is 0 Å². The van der Waals surface area contributed by atoms with Gasteiger partial charge in [-0.2, -0.15) is 0 Å². The summed E-state index contributed by atoms with van der Waals surface area (Å²) in [6.07, 6.45) is 3.33. The Kier molecular flexibility index (Phi) is 5.66. The van der Waals surface area contributed by atoms with Gasteiger partial charge in [-0.15, -0.1) is 0 Å². The normalized spacial score (nSPS) is 16.5. The number of pyridine rings is 1. The molecule has 1 aromatic heterocycles. The van der Waals surface area contributed by atoms with Crippen molar-refractivity contribution in [3.05, 3.63) is 59.9 Å². The van der Waals surface area contributed by atoms with Crippen LogP contribution in [0.2, 0.25) is 0 Å². The van der Waals surface area contributed by atoms with Gasteiger partial charge in [0.25, 0.3) is 5.91 Å². The molecule has 2 heterocycles. The fourth-order valence-corrected chi connectivity index (χ4v) is 3.24. The van der Waals surface area contributed by atoms with Crippen LogP contribution in [-0.2, 0) is 0 Å². The van der Waals surface area contributed by atoms with Gasteiger partial charge < -0.3 is 9.64 Å². The Morgan fingerprint density at radius 2 is 1.72 bits per heavy atom. The van der Waals surface area contributed by atoms with Gasteiger partial charge in [-0.05, 0) is 35.7 Å². The molecule has 0 bridgehead atoms. The van der Waals surface area contributed by atoms with E-state index in [9.17, 15) is 4.79 Å². The monoisotopic (exact) mass is 339 g/mol. The molecule has 1 aliphatic heterocycles. The summed E-state index contributed by atoms with van der Waals surface area (Å²) < 4.78 is 5.22. The first-order valence-electron chi connectivity index (χ1n) is 8.73. The average molecular weight is 339 g/mol. The Morgan fingerprint density at radius 1 is 1.08 bits per heavy atom. The second kappa shape index (κ2) is 8.12. The molecule has 132 valence electrons. The van der Waals surface area contributed by atoms with E-state index in [2.05, 4.69) is 28.9 Å². The number of piperazine rings is 1. The number of aromatic nitrogens is 1. The van der Waals surface area contributed by atoms with Gasteiger partial charge in [-0.3, -0.25) is 14.7 Å². The molecule has 5 nitrogen and oxygen atoms in total. The molecule has 1 saturated heterocycles. The number of nitrogens with zero attached hydrogens (tertiary/aromatic N) is 3. The van der Waals surface area contributed by atoms with Gasteiger partial charge in [0.15, 0.2) is 0 Å². The lowest BCUT2D eigenvalue weighted by Crippen LogP contribution is -2.49. The number of hydrogen-bond donors (Lipinski definition) is 0. The van der Waals surface area contributed by atoms with Crippen molar-refractivity contribution in [2.45, 2.75) is 12.8 Å². The van der Waals surface area contributed by atoms with Gasteiger partial charge >= 0.3 is 0 Å². The third-order valence-electron chi connectivity index (χ3n) is 4.80. The van der Waals surface area contributed by atoms with E-state index in [0.717, 1.165) is 44.0 Å². The second-order valence-corrected chi connectivity index (χ2v) is 6.50. The van der Waals surface area contributed by atoms with E-state index in [0.29, 0.717) is 5.92 Å². The van der Waals surface area contributed by atoms with Crippen LogP contribution < -0.4 is 4.74 Å². The molecule has 1 fully saturated rings. The molecule has 0 spiro atoms. The van der Waals surface area contributed by atoms with Crippen LogP contribution in [0, 0.1) is 0 Å². The number of benzene rings is 1. The first-order chi connectivity index (χ1) is 12.2. The van der Waals surface area contributed by atoms with Crippen molar-refractivity contribution in [3.8, 4) is 5.75 Å². The molecule has 1 amide bonds. The highest BCUT2D eigenvalue weighted by Crippen LogP contribution is 2.21. The van der Waals surface area contributed by atoms with Crippen molar-refractivity contribution < 1.29 is 9.53 Å². The van der Waals surface area contributed by atoms with Gasteiger partial charge in [0.1, 0.15) is 5.75 Å². The lowest BCUT2D eigenvalue weighted by molar-refractivity contribution is 0.0631. The molecular formula is C20H25N3O2. The molecule has 0 N–H and O–H groups in total. The Hall–Kier alpha value is -2.40. The number of amides is 1. The van der Waals surface area contributed by atoms with E-state index in [1.807, 2.05) is 17.0 Å². The quantitative estimate of drug-likeness (QED) is 0.840. The first kappa shape index (κ1) is 17.4. The Morgan fingerprint density at radius 3 is 2.32 bits per heavy atom. The first-order valence-corrected chi connectivity index (χ1v) is 8.73. The maximum absolute atomic E-state index is 12.5. The highest BCUT2D eigenvalue weighted by Gasteiger charge is 2.23. The summed E-state index contributed by atoms with van der Waals surface area (Å²) in [6.45, 7) is 6.63. The maximum atomic E-state index is 12.5. The van der Waals surface area contributed by atoms with E-state index in [4.69, 9.17) is 4.74 Å². The van der Waals surface area contributed by atoms with Crippen molar-refractivity contribution in [2.75, 3.05) is 39.8 Å². The number of methoxy groups -OCH3 is 1. The van der Waals surface area contributed by atoms with Gasteiger partial charge in [0.05, 0.1) is 7.11 Å². The summed E-state index contributed by atoms with van der Waals surface area (Å²) in [4.78, 5) is 20.8. The van der Waals surface area contributed by atoms with Crippen LogP contribution in [0.3, 0.4) is 0 Å². The molecule has 0 radical (unpaired) electrons. The van der Waals surface area contributed by atoms with Gasteiger partial charge in [0.2, 0.25) is 0 Å². The van der Waals surface area contributed by atoms with Crippen molar-refractivity contribution in [2.24, 2.45) is 0 Å². The fourth-order valence-electron chi connectivity index (χ4n) is 3.24. The summed E-state index contributed by atoms with van der Waals surface area (Å²) in [5.41, 5.74) is 2.03. The molecule has 1 aliphatic rings. The number of ether oxygens (including phenoxy) is 1. The molecule has 5 heteroatoms. The van der Waals surface area contributed by atoms with E-state index in [1.54, 1.807) is 31.6 Å². The summed E-state index contributed by atoms with van der Waals surface area (Å²) in [5.74, 6) is 1.44. The van der Waals surface area contributed by atoms with Gasteiger partial charge in [-0.25, -0.2) is 0 Å². The standard InChI is InChI=1S/C20H25N3O2/c1-16(17-3-5-19(25-2)6-4-17)15-22-11-13-23(14-12-22)20(24)18-7-9-21-10-8-18/h3-10,16H,11-15H2,1-2H3/t16-/m0/s1. The van der Waals surface area contributed by atoms with Crippen molar-refractivity contribution >= 4 is 5.91 Å². The van der Waals surface area contributed by atoms with Crippen LogP contribution in [0.1, 0.15) is 28.8 Å². The van der Waals surface area contributed by atoms with Crippen LogP contribution in [0.4, 0.5) is 0 Å². The number of rotatable bonds is 5. The third kappa shape index (κ3) is 4.37. The number of carbonyl (C=O) groups is 1. The lowest BCUT2D eigenvalue weighted by Gasteiger charge is -2.36. The Bertz CT molecular complexity index is 680. The van der Waals surface area contributed by atoms with E-state index < -0.39 is 0 Å². The van der Waals surface area contributed by atoms with Crippen LogP contribution >= 0.6 is 0 Å². The Balaban J connectivity index is 1.51. The smallest absolute Gasteiger partial charge is 0.254 e. The van der Waals surface area contributed by atoms with Crippen molar-refractivity contribution in [1.29, 1.82) is 0 Å². The molecule has 3 rings (SSSR count). The molecule has 1 aromatic carbocycles. The lowest BCUT2D eigenvalue weighted by atomic mass is 10.00. The summed E-state index contributed by atoms with van der Waals surface area (Å²) in [7, 11) is 1.69. The third-order valence-corrected chi connectivity index (χ3v) is 4.80. The molecule has 0 unspecified atom stereocenters. The van der Waals surface area contributed by atoms with E-state index in [-0.39, 0.29) is 5.91 Å². The summed E-state index contributed by atoms with van der Waals surface area (Å²) >= 11 is 0. The van der Waals surface area contributed by atoms with Crippen LogP contribution in [0.15, 0.2) is 48.8 Å². The summed E-state index contributed by atoms with van der Waals surface area (Å²) in [5, 5.41) is 0. The highest BCUT2D eigenvalue weighted by molar-refractivity contribution is 5.94. The molecular weight excluding hydrogens is 314 g/mol. The van der Waals surface area contributed by atoms with E-state index in [1.165, 1.54) is 5.56 Å². The van der Waals surface area contributed by atoms with Crippen molar-refractivity contribution in [1.82, 2.24) is 14.8 Å². The zero-order valence-corrected chi connectivity index (χ0v) is 14.9. The van der Waals surface area contributed by atoms with Crippen LogP contribution in [-0.4, -0.2) is 60.5 Å². The highest BCUT2D eigenvalue weighted by atomic mass is 16.5. The largest absolute Gasteiger partial charge is 0.497 e. The maximum Gasteiger partial charge on any atom is 0.254 e. The van der Waals surface area contributed by atoms with Gasteiger partial charge in [-0.1, -0.05) is 19.1 Å². The minimum atomic E-state index is 0.102. The minimum absolute atomic E-state index is 0.102. The topological polar surface area (TPSA) is 45.7 Å². The predicted molar refractivity (Wildman–Crippen MR) is 98.0 cm³/mol. The van der Waals surface area contributed by atoms with Crippen LogP contribution in [0.5, 0.6) is 5.75 Å². The Labute approximate surface area is 149 Å². The second-order valence-electron chi connectivity index (χ2n) is 6.50. The predicted octanol–water partition coefficient (Wildman–Crippen LogP) is 2.65.